The fourth-order valence-electron chi connectivity index (χ4n) is 6.49. The van der Waals surface area contributed by atoms with Crippen LogP contribution in [0.25, 0.3) is 0 Å². The summed E-state index contributed by atoms with van der Waals surface area (Å²) in [6, 6.07) is 0. The number of halogens is 18. The third-order valence-corrected chi connectivity index (χ3v) is 10.0. The number of esters is 4. The van der Waals surface area contributed by atoms with Crippen molar-refractivity contribution in [3.05, 3.63) is 87.3 Å². The van der Waals surface area contributed by atoms with Crippen molar-refractivity contribution in [2.75, 3.05) is 33.0 Å². The molecule has 31 heteroatoms. The molecule has 1 saturated carbocycles. The summed E-state index contributed by atoms with van der Waals surface area (Å²) in [4.78, 5) is 61.9. The zero-order chi connectivity index (χ0) is 54.6. The standard InChI is InChI=1S/C42H33F18NO12/c43-21-24(46)30(52)37(31(53)25(21)47)71-18(62)5-10-67-16-13-15(40(65)61-8-3-1-2-4-9-70-41(66)42(58,59)60)14-17(68-11-6-19(63)72-38-32(54)26(48)22(44)27(49)33(38)55)36(16)69-12-7-20(64)73-39-34(56)28(50)23(45)29(51)35(39)57/h15-17,36H,1-14H2,(H,61,65)/t15?,16-,17-,36?/m1/s1. The molecule has 3 aromatic carbocycles. The minimum absolute atomic E-state index is 0.0170. The summed E-state index contributed by atoms with van der Waals surface area (Å²) in [6.07, 6.45) is -13.9. The predicted octanol–water partition coefficient (Wildman–Crippen LogP) is 8.41. The predicted molar refractivity (Wildman–Crippen MR) is 200 cm³/mol. The van der Waals surface area contributed by atoms with Gasteiger partial charge in [0.05, 0.1) is 57.9 Å². The van der Waals surface area contributed by atoms with Crippen molar-refractivity contribution in [2.24, 2.45) is 5.92 Å². The lowest BCUT2D eigenvalue weighted by molar-refractivity contribution is -0.199. The largest absolute Gasteiger partial charge is 0.490 e. The van der Waals surface area contributed by atoms with E-state index < -0.39 is 223 Å². The molecule has 0 spiro atoms. The molecule has 0 bridgehead atoms. The number of ether oxygens (including phenoxy) is 7. The van der Waals surface area contributed by atoms with E-state index in [-0.39, 0.29) is 32.2 Å². The fourth-order valence-corrected chi connectivity index (χ4v) is 6.49. The number of hydrogen-bond acceptors (Lipinski definition) is 12. The van der Waals surface area contributed by atoms with Gasteiger partial charge in [-0.05, 0) is 32.1 Å². The van der Waals surface area contributed by atoms with Crippen molar-refractivity contribution in [2.45, 2.75) is 82.3 Å². The second-order valence-corrected chi connectivity index (χ2v) is 15.0. The fraction of sp³-hybridized carbons (Fsp3) is 0.452. The Bertz CT molecular complexity index is 2360. The van der Waals surface area contributed by atoms with E-state index in [1.165, 1.54) is 0 Å². The number of rotatable bonds is 23. The van der Waals surface area contributed by atoms with Crippen LogP contribution in [0.2, 0.25) is 0 Å². The second kappa shape index (κ2) is 26.0. The normalized spacial score (nSPS) is 16.8. The van der Waals surface area contributed by atoms with E-state index in [9.17, 15) is 103 Å². The Labute approximate surface area is 396 Å². The summed E-state index contributed by atoms with van der Waals surface area (Å²) in [5.41, 5.74) is 0. The zero-order valence-electron chi connectivity index (χ0n) is 36.4. The number of benzene rings is 3. The Morgan fingerprint density at radius 2 is 0.740 bits per heavy atom. The van der Waals surface area contributed by atoms with Crippen molar-refractivity contribution >= 4 is 29.8 Å². The molecule has 0 aliphatic heterocycles. The number of alkyl halides is 3. The van der Waals surface area contributed by atoms with E-state index in [4.69, 9.17) is 14.2 Å². The molecular weight excluding hydrogens is 1050 g/mol. The van der Waals surface area contributed by atoms with E-state index in [1.807, 2.05) is 0 Å². The van der Waals surface area contributed by atoms with Crippen molar-refractivity contribution in [1.29, 1.82) is 0 Å². The highest BCUT2D eigenvalue weighted by Gasteiger charge is 2.44. The maximum Gasteiger partial charge on any atom is 0.490 e. The molecule has 404 valence electrons. The molecule has 1 amide bonds. The van der Waals surface area contributed by atoms with E-state index in [0.29, 0.717) is 0 Å². The monoisotopic (exact) mass is 1090 g/mol. The van der Waals surface area contributed by atoms with Gasteiger partial charge in [-0.25, -0.2) is 44.3 Å². The number of carbonyl (C=O) groups is 5. The van der Waals surface area contributed by atoms with Crippen LogP contribution in [0, 0.1) is 93.2 Å². The number of amides is 1. The quantitative estimate of drug-likeness (QED) is 0.0242. The summed E-state index contributed by atoms with van der Waals surface area (Å²) in [7, 11) is 0. The third-order valence-electron chi connectivity index (χ3n) is 10.0. The molecule has 1 N–H and O–H groups in total. The first-order valence-corrected chi connectivity index (χ1v) is 20.7. The Balaban J connectivity index is 1.54. The van der Waals surface area contributed by atoms with Crippen LogP contribution >= 0.6 is 0 Å². The molecule has 1 aliphatic carbocycles. The van der Waals surface area contributed by atoms with Crippen molar-refractivity contribution in [1.82, 2.24) is 5.32 Å². The molecule has 2 atom stereocenters. The zero-order valence-corrected chi connectivity index (χ0v) is 36.4. The highest BCUT2D eigenvalue weighted by molar-refractivity contribution is 5.79. The third kappa shape index (κ3) is 15.1. The van der Waals surface area contributed by atoms with E-state index in [1.54, 1.807) is 0 Å². The van der Waals surface area contributed by atoms with Gasteiger partial charge in [-0.3, -0.25) is 19.2 Å². The molecule has 0 aromatic heterocycles. The molecule has 1 aliphatic rings. The first-order chi connectivity index (χ1) is 34.2. The highest BCUT2D eigenvalue weighted by Crippen LogP contribution is 2.35. The minimum atomic E-state index is -5.22. The summed E-state index contributed by atoms with van der Waals surface area (Å²) < 4.78 is 279. The Kier molecular flexibility index (Phi) is 21.1. The van der Waals surface area contributed by atoms with Crippen LogP contribution in [-0.2, 0) is 42.9 Å². The number of nitrogens with one attached hydrogen (secondary N) is 1. The lowest BCUT2D eigenvalue weighted by Gasteiger charge is -2.40. The molecular formula is C42H33F18NO12. The molecule has 0 heterocycles. The minimum Gasteiger partial charge on any atom is -0.459 e. The summed E-state index contributed by atoms with van der Waals surface area (Å²) in [6.45, 7) is -3.60. The first kappa shape index (κ1) is 59.2. The van der Waals surface area contributed by atoms with Gasteiger partial charge in [-0.1, -0.05) is 6.42 Å². The van der Waals surface area contributed by atoms with Gasteiger partial charge in [0, 0.05) is 12.5 Å². The van der Waals surface area contributed by atoms with Gasteiger partial charge >= 0.3 is 30.1 Å². The van der Waals surface area contributed by atoms with Crippen LogP contribution in [-0.4, -0.2) is 87.2 Å². The first-order valence-electron chi connectivity index (χ1n) is 20.7. The van der Waals surface area contributed by atoms with Crippen LogP contribution < -0.4 is 19.5 Å². The Hall–Kier alpha value is -6.37. The molecule has 73 heavy (non-hydrogen) atoms. The molecule has 13 nitrogen and oxygen atoms in total. The van der Waals surface area contributed by atoms with Gasteiger partial charge in [-0.15, -0.1) is 0 Å². The SMILES string of the molecule is O=C(CCOC1[C@H](OCCC(=O)Oc2c(F)c(F)c(F)c(F)c2F)CC(C(=O)NCCCCCCOC(=O)C(F)(F)F)C[C@H]1OCCC(=O)Oc1c(F)c(F)c(F)c(F)c1F)Oc1c(F)c(F)c(F)c(F)c1F. The summed E-state index contributed by atoms with van der Waals surface area (Å²) >= 11 is 0. The van der Waals surface area contributed by atoms with E-state index in [2.05, 4.69) is 24.3 Å². The maximum atomic E-state index is 14.2. The van der Waals surface area contributed by atoms with Crippen molar-refractivity contribution < 1.29 is 136 Å². The molecule has 0 saturated heterocycles. The summed E-state index contributed by atoms with van der Waals surface area (Å²) in [5.74, 6) is -53.9. The topological polar surface area (TPSA) is 162 Å². The van der Waals surface area contributed by atoms with Crippen LogP contribution in [0.5, 0.6) is 17.2 Å². The van der Waals surface area contributed by atoms with Crippen molar-refractivity contribution in [3.8, 4) is 17.2 Å². The molecule has 4 rings (SSSR count). The van der Waals surface area contributed by atoms with Gasteiger partial charge in [0.15, 0.2) is 0 Å². The molecule has 0 unspecified atom stereocenters. The average Bonchev–Trinajstić information content (AvgIpc) is 3.34. The lowest BCUT2D eigenvalue weighted by Crippen LogP contribution is -2.52. The van der Waals surface area contributed by atoms with Crippen molar-refractivity contribution in [3.63, 3.8) is 0 Å². The van der Waals surface area contributed by atoms with E-state index in [0.717, 1.165) is 0 Å². The number of unbranched alkanes of at least 4 members (excludes halogenated alkanes) is 3. The highest BCUT2D eigenvalue weighted by atomic mass is 19.4. The maximum absolute atomic E-state index is 14.2. The van der Waals surface area contributed by atoms with Gasteiger partial charge < -0.3 is 38.5 Å². The number of hydrogen-bond donors (Lipinski definition) is 1. The van der Waals surface area contributed by atoms with Crippen LogP contribution in [0.3, 0.4) is 0 Å². The van der Waals surface area contributed by atoms with Gasteiger partial charge in [-0.2, -0.15) is 39.5 Å². The molecule has 3 aromatic rings. The van der Waals surface area contributed by atoms with Gasteiger partial charge in [0.2, 0.25) is 110 Å². The number of carbonyl (C=O) groups excluding carboxylic acids is 5. The van der Waals surface area contributed by atoms with Crippen LogP contribution in [0.4, 0.5) is 79.0 Å². The molecule has 1 fully saturated rings. The van der Waals surface area contributed by atoms with Gasteiger partial charge in [0.1, 0.15) is 6.10 Å². The average molecular weight is 1090 g/mol. The summed E-state index contributed by atoms with van der Waals surface area (Å²) in [5, 5.41) is 2.50. The Morgan fingerprint density at radius 3 is 1.08 bits per heavy atom. The van der Waals surface area contributed by atoms with E-state index >= 15 is 0 Å². The second-order valence-electron chi connectivity index (χ2n) is 15.0. The molecule has 0 radical (unpaired) electrons. The van der Waals surface area contributed by atoms with Gasteiger partial charge in [0.25, 0.3) is 0 Å². The Morgan fingerprint density at radius 1 is 0.425 bits per heavy atom. The smallest absolute Gasteiger partial charge is 0.459 e. The van der Waals surface area contributed by atoms with Crippen LogP contribution in [0.15, 0.2) is 0 Å². The lowest BCUT2D eigenvalue weighted by atomic mass is 9.82. The van der Waals surface area contributed by atoms with Crippen LogP contribution in [0.1, 0.15) is 57.8 Å².